The molecule has 3 N–H and O–H groups in total. The van der Waals surface area contributed by atoms with Crippen LogP contribution < -0.4 is 5.73 Å². The Kier molecular flexibility index (Phi) is 5.93. The lowest BCUT2D eigenvalue weighted by atomic mass is 9.98. The Morgan fingerprint density at radius 1 is 1.05 bits per heavy atom. The average Bonchev–Trinajstić information content (AvgIpc) is 2.54. The molecule has 0 saturated heterocycles. The van der Waals surface area contributed by atoms with Crippen LogP contribution in [0.15, 0.2) is 54.6 Å². The highest BCUT2D eigenvalue weighted by atomic mass is 16.5. The van der Waals surface area contributed by atoms with Crippen LogP contribution in [0.5, 0.6) is 0 Å². The number of aliphatic hydroxyl groups excluding tert-OH is 1. The molecule has 0 aliphatic heterocycles. The molecule has 0 radical (unpaired) electrons. The molecule has 0 heterocycles. The predicted octanol–water partition coefficient (Wildman–Crippen LogP) is 3.00. The number of benzene rings is 2. The molecular weight excluding hydrogens is 262 g/mol. The van der Waals surface area contributed by atoms with Crippen molar-refractivity contribution in [2.24, 2.45) is 5.73 Å². The van der Waals surface area contributed by atoms with E-state index in [1.807, 2.05) is 36.4 Å². The molecule has 0 aliphatic rings. The van der Waals surface area contributed by atoms with Crippen molar-refractivity contribution < 1.29 is 9.84 Å². The van der Waals surface area contributed by atoms with Crippen LogP contribution >= 0.6 is 0 Å². The molecule has 0 aliphatic carbocycles. The summed E-state index contributed by atoms with van der Waals surface area (Å²) in [5.74, 6) is 0. The van der Waals surface area contributed by atoms with Crippen LogP contribution in [0.4, 0.5) is 0 Å². The van der Waals surface area contributed by atoms with Gasteiger partial charge in [0.05, 0.1) is 12.2 Å². The third-order valence-electron chi connectivity index (χ3n) is 3.65. The van der Waals surface area contributed by atoms with Crippen molar-refractivity contribution in [2.45, 2.75) is 25.0 Å². The van der Waals surface area contributed by atoms with Gasteiger partial charge in [-0.25, -0.2) is 0 Å². The fourth-order valence-corrected chi connectivity index (χ4v) is 2.47. The van der Waals surface area contributed by atoms with E-state index in [-0.39, 0.29) is 6.10 Å². The zero-order valence-electron chi connectivity index (χ0n) is 12.4. The van der Waals surface area contributed by atoms with Crippen molar-refractivity contribution >= 4 is 0 Å². The highest BCUT2D eigenvalue weighted by molar-refractivity contribution is 5.28. The molecule has 3 heteroatoms. The van der Waals surface area contributed by atoms with E-state index in [1.165, 1.54) is 0 Å². The van der Waals surface area contributed by atoms with Gasteiger partial charge in [-0.1, -0.05) is 54.6 Å². The van der Waals surface area contributed by atoms with Gasteiger partial charge in [-0.15, -0.1) is 0 Å². The van der Waals surface area contributed by atoms with Crippen molar-refractivity contribution in [2.75, 3.05) is 13.7 Å². The van der Waals surface area contributed by atoms with E-state index in [1.54, 1.807) is 7.11 Å². The van der Waals surface area contributed by atoms with Crippen molar-refractivity contribution in [1.82, 2.24) is 0 Å². The average molecular weight is 285 g/mol. The molecule has 21 heavy (non-hydrogen) atoms. The number of nitrogens with two attached hydrogens (primary N) is 1. The van der Waals surface area contributed by atoms with E-state index in [0.717, 1.165) is 23.1 Å². The smallest absolute Gasteiger partial charge is 0.0861 e. The van der Waals surface area contributed by atoms with Gasteiger partial charge in [-0.05, 0) is 29.7 Å². The highest BCUT2D eigenvalue weighted by Gasteiger charge is 2.13. The fraction of sp³-hybridized carbons (Fsp3) is 0.333. The van der Waals surface area contributed by atoms with E-state index < -0.39 is 6.10 Å². The van der Waals surface area contributed by atoms with Gasteiger partial charge in [0.25, 0.3) is 0 Å². The highest BCUT2D eigenvalue weighted by Crippen LogP contribution is 2.24. The number of ether oxygens (including phenoxy) is 1. The maximum atomic E-state index is 10.0. The Hall–Kier alpha value is -1.68. The van der Waals surface area contributed by atoms with Crippen LogP contribution in [-0.4, -0.2) is 18.8 Å². The van der Waals surface area contributed by atoms with E-state index in [9.17, 15) is 5.11 Å². The molecule has 2 aromatic carbocycles. The Morgan fingerprint density at radius 2 is 1.76 bits per heavy atom. The van der Waals surface area contributed by atoms with Crippen LogP contribution in [0.25, 0.3) is 0 Å². The van der Waals surface area contributed by atoms with Crippen LogP contribution in [0.2, 0.25) is 0 Å². The molecule has 2 atom stereocenters. The largest absolute Gasteiger partial charge is 0.388 e. The first-order chi connectivity index (χ1) is 10.2. The molecule has 0 aromatic heterocycles. The quantitative estimate of drug-likeness (QED) is 0.822. The third kappa shape index (κ3) is 4.39. The minimum atomic E-state index is -0.493. The summed E-state index contributed by atoms with van der Waals surface area (Å²) >= 11 is 0. The van der Waals surface area contributed by atoms with E-state index in [2.05, 4.69) is 18.2 Å². The first kappa shape index (κ1) is 15.7. The Labute approximate surface area is 126 Å². The van der Waals surface area contributed by atoms with Crippen LogP contribution in [-0.2, 0) is 11.2 Å². The lowest BCUT2D eigenvalue weighted by Gasteiger charge is -2.17. The minimum absolute atomic E-state index is 0.0214. The number of aliphatic hydroxyl groups is 1. The molecule has 0 amide bonds. The van der Waals surface area contributed by atoms with Gasteiger partial charge in [0.1, 0.15) is 0 Å². The molecule has 2 rings (SSSR count). The van der Waals surface area contributed by atoms with Crippen molar-refractivity contribution in [3.8, 4) is 0 Å². The summed E-state index contributed by atoms with van der Waals surface area (Å²) in [5.41, 5.74) is 8.73. The standard InChI is InChI=1S/C18H23NO2/c1-21-18(15-7-3-2-4-8-15)13-14-6-5-9-16(12-14)17(20)10-11-19/h2-9,12,17-18,20H,10-11,13,19H2,1H3. The third-order valence-corrected chi connectivity index (χ3v) is 3.65. The Balaban J connectivity index is 2.13. The van der Waals surface area contributed by atoms with Crippen molar-refractivity contribution in [3.05, 3.63) is 71.3 Å². The molecule has 2 aromatic rings. The van der Waals surface area contributed by atoms with Crippen molar-refractivity contribution in [1.29, 1.82) is 0 Å². The second kappa shape index (κ2) is 7.93. The van der Waals surface area contributed by atoms with Gasteiger partial charge < -0.3 is 15.6 Å². The number of hydrogen-bond donors (Lipinski definition) is 2. The minimum Gasteiger partial charge on any atom is -0.388 e. The lowest BCUT2D eigenvalue weighted by Crippen LogP contribution is -2.08. The summed E-state index contributed by atoms with van der Waals surface area (Å²) < 4.78 is 5.61. The first-order valence-electron chi connectivity index (χ1n) is 7.29. The zero-order chi connectivity index (χ0) is 15.1. The monoisotopic (exact) mass is 285 g/mol. The van der Waals surface area contributed by atoms with E-state index >= 15 is 0 Å². The van der Waals surface area contributed by atoms with Gasteiger partial charge in [0.2, 0.25) is 0 Å². The Bertz CT molecular complexity index is 542. The molecule has 112 valence electrons. The Morgan fingerprint density at radius 3 is 2.43 bits per heavy atom. The second-order valence-corrected chi connectivity index (χ2v) is 5.18. The lowest BCUT2D eigenvalue weighted by molar-refractivity contribution is 0.103. The summed E-state index contributed by atoms with van der Waals surface area (Å²) in [6.45, 7) is 0.482. The summed E-state index contributed by atoms with van der Waals surface area (Å²) in [5, 5.41) is 10.0. The molecular formula is C18H23NO2. The topological polar surface area (TPSA) is 55.5 Å². The molecule has 2 unspecified atom stereocenters. The number of hydrogen-bond acceptors (Lipinski definition) is 3. The van der Waals surface area contributed by atoms with Crippen molar-refractivity contribution in [3.63, 3.8) is 0 Å². The maximum absolute atomic E-state index is 10.0. The maximum Gasteiger partial charge on any atom is 0.0861 e. The second-order valence-electron chi connectivity index (χ2n) is 5.18. The molecule has 0 fully saturated rings. The van der Waals surface area contributed by atoms with Gasteiger partial charge in [-0.2, -0.15) is 0 Å². The zero-order valence-corrected chi connectivity index (χ0v) is 12.4. The normalized spacial score (nSPS) is 13.9. The van der Waals surface area contributed by atoms with Gasteiger partial charge in [0, 0.05) is 13.5 Å². The van der Waals surface area contributed by atoms with Crippen LogP contribution in [0.1, 0.15) is 35.3 Å². The fourth-order valence-electron chi connectivity index (χ4n) is 2.47. The molecule has 0 spiro atoms. The molecule has 3 nitrogen and oxygen atoms in total. The number of rotatable bonds is 7. The number of methoxy groups -OCH3 is 1. The van der Waals surface area contributed by atoms with Gasteiger partial charge in [-0.3, -0.25) is 0 Å². The predicted molar refractivity (Wildman–Crippen MR) is 85.0 cm³/mol. The summed E-state index contributed by atoms with van der Waals surface area (Å²) in [6, 6.07) is 18.2. The van der Waals surface area contributed by atoms with E-state index in [0.29, 0.717) is 13.0 Å². The van der Waals surface area contributed by atoms with E-state index in [4.69, 9.17) is 10.5 Å². The molecule has 0 saturated carbocycles. The summed E-state index contributed by atoms with van der Waals surface area (Å²) in [6.07, 6.45) is 0.889. The van der Waals surface area contributed by atoms with Gasteiger partial charge in [0.15, 0.2) is 0 Å². The van der Waals surface area contributed by atoms with Crippen LogP contribution in [0.3, 0.4) is 0 Å². The SMILES string of the molecule is COC(Cc1cccc(C(O)CCN)c1)c1ccccc1. The van der Waals surface area contributed by atoms with Gasteiger partial charge >= 0.3 is 0 Å². The summed E-state index contributed by atoms with van der Waals surface area (Å²) in [7, 11) is 1.73. The molecule has 0 bridgehead atoms. The first-order valence-corrected chi connectivity index (χ1v) is 7.29. The summed E-state index contributed by atoms with van der Waals surface area (Å²) in [4.78, 5) is 0. The van der Waals surface area contributed by atoms with Crippen LogP contribution in [0, 0.1) is 0 Å².